The summed E-state index contributed by atoms with van der Waals surface area (Å²) in [7, 11) is -0.726. The summed E-state index contributed by atoms with van der Waals surface area (Å²) in [6.07, 6.45) is 2.18. The Labute approximate surface area is 70.6 Å². The Morgan fingerprint density at radius 2 is 2.27 bits per heavy atom. The minimum Gasteiger partial charge on any atom is -0.392 e. The van der Waals surface area contributed by atoms with Crippen LogP contribution in [0.3, 0.4) is 0 Å². The van der Waals surface area contributed by atoms with E-state index in [0.717, 1.165) is 13.0 Å². The van der Waals surface area contributed by atoms with Crippen LogP contribution in [0.2, 0.25) is 0 Å². The van der Waals surface area contributed by atoms with Crippen LogP contribution in [0.25, 0.3) is 0 Å². The molecule has 0 rings (SSSR count). The van der Waals surface area contributed by atoms with E-state index >= 15 is 0 Å². The molecule has 0 heterocycles. The molecule has 0 bridgehead atoms. The van der Waals surface area contributed by atoms with Gasteiger partial charge in [0.2, 0.25) is 0 Å². The summed E-state index contributed by atoms with van der Waals surface area (Å²) in [5.41, 5.74) is 0. The molecular weight excluding hydrogens is 162 g/mol. The number of nitrogens with one attached hydrogen (secondary N) is 1. The summed E-state index contributed by atoms with van der Waals surface area (Å²) >= 11 is 0. The largest absolute Gasteiger partial charge is 0.392 e. The first-order valence-electron chi connectivity index (χ1n) is 3.85. The Kier molecular flexibility index (Phi) is 6.80. The Bertz CT molecular complexity index is 119. The van der Waals surface area contributed by atoms with Gasteiger partial charge < -0.3 is 10.4 Å². The second-order valence-electron chi connectivity index (χ2n) is 2.54. The SMILES string of the molecule is CCC(O)CNCCS(C)=O. The summed E-state index contributed by atoms with van der Waals surface area (Å²) in [5, 5.41) is 12.1. The van der Waals surface area contributed by atoms with Gasteiger partial charge in [-0.15, -0.1) is 0 Å². The van der Waals surface area contributed by atoms with Gasteiger partial charge in [-0.2, -0.15) is 0 Å². The van der Waals surface area contributed by atoms with E-state index in [9.17, 15) is 4.21 Å². The third-order valence-corrected chi connectivity index (χ3v) is 2.20. The molecule has 0 aromatic rings. The fourth-order valence-corrected chi connectivity index (χ4v) is 1.06. The number of rotatable bonds is 6. The molecular formula is C7H17NO2S. The summed E-state index contributed by atoms with van der Waals surface area (Å²) in [4.78, 5) is 0. The first-order valence-corrected chi connectivity index (χ1v) is 5.58. The fourth-order valence-electron chi connectivity index (χ4n) is 0.629. The fraction of sp³-hybridized carbons (Fsp3) is 1.00. The molecule has 2 atom stereocenters. The van der Waals surface area contributed by atoms with Crippen LogP contribution >= 0.6 is 0 Å². The molecule has 0 amide bonds. The lowest BCUT2D eigenvalue weighted by molar-refractivity contribution is 0.168. The van der Waals surface area contributed by atoms with Crippen molar-refractivity contribution in [3.8, 4) is 0 Å². The van der Waals surface area contributed by atoms with Crippen molar-refractivity contribution in [2.45, 2.75) is 19.4 Å². The minimum absolute atomic E-state index is 0.264. The second-order valence-corrected chi connectivity index (χ2v) is 4.10. The normalized spacial score (nSPS) is 16.3. The van der Waals surface area contributed by atoms with Gasteiger partial charge in [0.25, 0.3) is 0 Å². The molecule has 11 heavy (non-hydrogen) atoms. The summed E-state index contributed by atoms with van der Waals surface area (Å²) < 4.78 is 10.6. The van der Waals surface area contributed by atoms with Gasteiger partial charge in [0.05, 0.1) is 6.10 Å². The number of aliphatic hydroxyl groups is 1. The van der Waals surface area contributed by atoms with E-state index in [-0.39, 0.29) is 6.10 Å². The van der Waals surface area contributed by atoms with Crippen LogP contribution in [0.1, 0.15) is 13.3 Å². The zero-order valence-electron chi connectivity index (χ0n) is 7.17. The van der Waals surface area contributed by atoms with E-state index < -0.39 is 10.8 Å². The van der Waals surface area contributed by atoms with Crippen molar-refractivity contribution < 1.29 is 9.32 Å². The second kappa shape index (κ2) is 6.76. The van der Waals surface area contributed by atoms with Crippen LogP contribution in [0.5, 0.6) is 0 Å². The summed E-state index contributed by atoms with van der Waals surface area (Å²) in [6.45, 7) is 3.26. The first kappa shape index (κ1) is 11.1. The molecule has 2 unspecified atom stereocenters. The third-order valence-electron chi connectivity index (χ3n) is 1.42. The van der Waals surface area contributed by atoms with Crippen LogP contribution in [-0.4, -0.2) is 40.5 Å². The van der Waals surface area contributed by atoms with Gasteiger partial charge in [0.1, 0.15) is 0 Å². The predicted octanol–water partition coefficient (Wildman–Crippen LogP) is -0.275. The van der Waals surface area contributed by atoms with Crippen molar-refractivity contribution in [2.24, 2.45) is 0 Å². The quantitative estimate of drug-likeness (QED) is 0.552. The van der Waals surface area contributed by atoms with Gasteiger partial charge in [-0.1, -0.05) is 6.92 Å². The molecule has 0 radical (unpaired) electrons. The van der Waals surface area contributed by atoms with Gasteiger partial charge in [-0.05, 0) is 6.42 Å². The zero-order valence-corrected chi connectivity index (χ0v) is 7.99. The van der Waals surface area contributed by atoms with E-state index in [1.54, 1.807) is 6.26 Å². The molecule has 68 valence electrons. The number of aliphatic hydroxyl groups excluding tert-OH is 1. The average molecular weight is 179 g/mol. The van der Waals surface area contributed by atoms with Crippen LogP contribution in [0, 0.1) is 0 Å². The molecule has 3 nitrogen and oxygen atoms in total. The van der Waals surface area contributed by atoms with Crippen molar-refractivity contribution in [1.82, 2.24) is 5.32 Å². The van der Waals surface area contributed by atoms with Gasteiger partial charge in [0, 0.05) is 35.9 Å². The van der Waals surface area contributed by atoms with Crippen molar-refractivity contribution in [2.75, 3.05) is 25.1 Å². The maximum Gasteiger partial charge on any atom is 0.0662 e. The molecule has 0 aromatic heterocycles. The van der Waals surface area contributed by atoms with Gasteiger partial charge in [-0.3, -0.25) is 4.21 Å². The smallest absolute Gasteiger partial charge is 0.0662 e. The zero-order chi connectivity index (χ0) is 8.69. The summed E-state index contributed by atoms with van der Waals surface area (Å²) in [6, 6.07) is 0. The molecule has 0 saturated heterocycles. The molecule has 0 saturated carbocycles. The Morgan fingerprint density at radius 3 is 2.73 bits per heavy atom. The molecule has 0 fully saturated rings. The van der Waals surface area contributed by atoms with Crippen LogP contribution in [0.4, 0.5) is 0 Å². The molecule has 2 N–H and O–H groups in total. The third kappa shape index (κ3) is 7.97. The highest BCUT2D eigenvalue weighted by Crippen LogP contribution is 1.85. The number of hydrogen-bond acceptors (Lipinski definition) is 3. The van der Waals surface area contributed by atoms with E-state index in [4.69, 9.17) is 5.11 Å². The molecule has 0 spiro atoms. The van der Waals surface area contributed by atoms with Crippen molar-refractivity contribution in [3.63, 3.8) is 0 Å². The van der Waals surface area contributed by atoms with Crippen LogP contribution in [0.15, 0.2) is 0 Å². The first-order chi connectivity index (χ1) is 5.16. The van der Waals surface area contributed by atoms with E-state index in [2.05, 4.69) is 5.32 Å². The lowest BCUT2D eigenvalue weighted by atomic mass is 10.3. The van der Waals surface area contributed by atoms with Gasteiger partial charge >= 0.3 is 0 Å². The van der Waals surface area contributed by atoms with Crippen LogP contribution in [-0.2, 0) is 10.8 Å². The maximum atomic E-state index is 10.6. The minimum atomic E-state index is -0.726. The van der Waals surface area contributed by atoms with Crippen LogP contribution < -0.4 is 5.32 Å². The monoisotopic (exact) mass is 179 g/mol. The molecule has 0 aromatic carbocycles. The summed E-state index contributed by atoms with van der Waals surface area (Å²) in [5.74, 6) is 0.663. The van der Waals surface area contributed by atoms with Crippen molar-refractivity contribution in [1.29, 1.82) is 0 Å². The highest BCUT2D eigenvalue weighted by molar-refractivity contribution is 7.84. The van der Waals surface area contributed by atoms with Gasteiger partial charge in [-0.25, -0.2) is 0 Å². The topological polar surface area (TPSA) is 49.3 Å². The lowest BCUT2D eigenvalue weighted by Gasteiger charge is -2.07. The number of hydrogen-bond donors (Lipinski definition) is 2. The Hall–Kier alpha value is 0.0700. The Balaban J connectivity index is 3.08. The maximum absolute atomic E-state index is 10.6. The van der Waals surface area contributed by atoms with E-state index in [0.29, 0.717) is 12.3 Å². The molecule has 4 heteroatoms. The highest BCUT2D eigenvalue weighted by atomic mass is 32.2. The molecule has 0 aliphatic carbocycles. The van der Waals surface area contributed by atoms with Crippen molar-refractivity contribution >= 4 is 10.8 Å². The van der Waals surface area contributed by atoms with Crippen molar-refractivity contribution in [3.05, 3.63) is 0 Å². The predicted molar refractivity (Wildman–Crippen MR) is 48.1 cm³/mol. The molecule has 0 aliphatic heterocycles. The van der Waals surface area contributed by atoms with Gasteiger partial charge in [0.15, 0.2) is 0 Å². The van der Waals surface area contributed by atoms with E-state index in [1.807, 2.05) is 6.92 Å². The Morgan fingerprint density at radius 1 is 1.64 bits per heavy atom. The highest BCUT2D eigenvalue weighted by Gasteiger charge is 1.98. The lowest BCUT2D eigenvalue weighted by Crippen LogP contribution is -2.29. The average Bonchev–Trinajstić information content (AvgIpc) is 1.97. The van der Waals surface area contributed by atoms with E-state index in [1.165, 1.54) is 0 Å². The molecule has 0 aliphatic rings. The standard InChI is InChI=1S/C7H17NO2S/c1-3-7(9)6-8-4-5-11(2)10/h7-9H,3-6H2,1-2H3.